The monoisotopic (exact) mass is 224 g/mol. The highest BCUT2D eigenvalue weighted by Gasteiger charge is 2.16. The fourth-order valence-corrected chi connectivity index (χ4v) is 1.84. The first kappa shape index (κ1) is 12.8. The van der Waals surface area contributed by atoms with Gasteiger partial charge in [-0.3, -0.25) is 9.69 Å². The van der Waals surface area contributed by atoms with Gasteiger partial charge in [0.1, 0.15) is 0 Å². The van der Waals surface area contributed by atoms with E-state index >= 15 is 0 Å². The third kappa shape index (κ3) is 4.06. The molecule has 0 spiro atoms. The van der Waals surface area contributed by atoms with Crippen molar-refractivity contribution in [2.75, 3.05) is 32.7 Å². The molecule has 1 saturated heterocycles. The average molecular weight is 224 g/mol. The molecule has 16 heavy (non-hydrogen) atoms. The third-order valence-electron chi connectivity index (χ3n) is 2.88. The summed E-state index contributed by atoms with van der Waals surface area (Å²) >= 11 is 0. The molecule has 0 radical (unpaired) electrons. The van der Waals surface area contributed by atoms with Crippen molar-refractivity contribution in [1.82, 2.24) is 9.80 Å². The molecule has 0 aliphatic carbocycles. The van der Waals surface area contributed by atoms with E-state index < -0.39 is 5.97 Å². The molecular weight excluding hydrogens is 204 g/mol. The van der Waals surface area contributed by atoms with Crippen LogP contribution in [0.2, 0.25) is 0 Å². The van der Waals surface area contributed by atoms with Crippen molar-refractivity contribution >= 4 is 5.97 Å². The van der Waals surface area contributed by atoms with Crippen LogP contribution in [0.1, 0.15) is 12.8 Å². The van der Waals surface area contributed by atoms with Crippen molar-refractivity contribution in [2.24, 2.45) is 0 Å². The Balaban J connectivity index is 2.19. The number of carboxylic acids is 1. The zero-order valence-corrected chi connectivity index (χ0v) is 9.69. The van der Waals surface area contributed by atoms with Crippen LogP contribution < -0.4 is 0 Å². The van der Waals surface area contributed by atoms with Gasteiger partial charge in [-0.25, -0.2) is 0 Å². The minimum atomic E-state index is -0.710. The van der Waals surface area contributed by atoms with Gasteiger partial charge >= 0.3 is 5.97 Å². The minimum absolute atomic E-state index is 0.263. The molecule has 4 nitrogen and oxygen atoms in total. The lowest BCUT2D eigenvalue weighted by Gasteiger charge is -2.36. The van der Waals surface area contributed by atoms with E-state index in [-0.39, 0.29) is 6.42 Å². The Hall–Kier alpha value is -1.29. The molecule has 0 unspecified atom stereocenters. The van der Waals surface area contributed by atoms with E-state index in [1.165, 1.54) is 0 Å². The molecule has 1 rings (SSSR count). The van der Waals surface area contributed by atoms with Crippen molar-refractivity contribution in [3.63, 3.8) is 0 Å². The number of allylic oxidation sites excluding steroid dienone is 1. The van der Waals surface area contributed by atoms with E-state index in [1.54, 1.807) is 6.08 Å². The van der Waals surface area contributed by atoms with Crippen molar-refractivity contribution in [1.29, 1.82) is 0 Å². The van der Waals surface area contributed by atoms with E-state index in [1.807, 2.05) is 0 Å². The molecule has 0 saturated carbocycles. The molecule has 0 aromatic heterocycles. The summed E-state index contributed by atoms with van der Waals surface area (Å²) in [6.45, 7) is 12.4. The number of rotatable bonds is 6. The molecule has 1 N–H and O–H groups in total. The van der Waals surface area contributed by atoms with Gasteiger partial charge < -0.3 is 10.0 Å². The third-order valence-corrected chi connectivity index (χ3v) is 2.88. The minimum Gasteiger partial charge on any atom is -0.481 e. The number of hydrogen-bond donors (Lipinski definition) is 1. The summed E-state index contributed by atoms with van der Waals surface area (Å²) in [6, 6.07) is 0. The summed E-state index contributed by atoms with van der Waals surface area (Å²) in [4.78, 5) is 14.9. The van der Waals surface area contributed by atoms with Crippen LogP contribution in [0.3, 0.4) is 0 Å². The number of piperazine rings is 1. The Morgan fingerprint density at radius 3 is 2.44 bits per heavy atom. The molecule has 0 bridgehead atoms. The van der Waals surface area contributed by atoms with E-state index in [4.69, 9.17) is 5.11 Å². The highest BCUT2D eigenvalue weighted by Crippen LogP contribution is 2.09. The molecule has 0 aromatic rings. The second-order valence-electron chi connectivity index (χ2n) is 4.02. The molecule has 1 aliphatic heterocycles. The number of nitrogens with zero attached hydrogens (tertiary/aromatic N) is 2. The number of hydrogen-bond acceptors (Lipinski definition) is 3. The van der Waals surface area contributed by atoms with Gasteiger partial charge in [-0.05, 0) is 19.0 Å². The Kier molecular flexibility index (Phi) is 5.05. The number of carboxylic acid groups (broad SMARTS) is 1. The van der Waals surface area contributed by atoms with Crippen LogP contribution in [-0.4, -0.2) is 53.6 Å². The fourth-order valence-electron chi connectivity index (χ4n) is 1.84. The SMILES string of the molecule is C=CC(=C)N1CCN(CCCC(=O)O)CC1. The molecule has 0 aromatic carbocycles. The summed E-state index contributed by atoms with van der Waals surface area (Å²) < 4.78 is 0. The molecule has 90 valence electrons. The van der Waals surface area contributed by atoms with E-state index in [9.17, 15) is 4.79 Å². The van der Waals surface area contributed by atoms with Crippen LogP contribution in [0.5, 0.6) is 0 Å². The maximum absolute atomic E-state index is 10.4. The Morgan fingerprint density at radius 1 is 1.31 bits per heavy atom. The standard InChI is InChI=1S/C12H20N2O2/c1-3-11(2)14-9-7-13(8-10-14)6-4-5-12(15)16/h3H,1-2,4-10H2,(H,15,16). The summed E-state index contributed by atoms with van der Waals surface area (Å²) in [5, 5.41) is 8.54. The first-order valence-corrected chi connectivity index (χ1v) is 5.64. The van der Waals surface area contributed by atoms with Crippen LogP contribution in [-0.2, 0) is 4.79 Å². The Labute approximate surface area is 96.8 Å². The van der Waals surface area contributed by atoms with Gasteiger partial charge in [-0.15, -0.1) is 0 Å². The van der Waals surface area contributed by atoms with Crippen LogP contribution in [0.4, 0.5) is 0 Å². The predicted molar refractivity (Wildman–Crippen MR) is 64.2 cm³/mol. The number of carbonyl (C=O) groups is 1. The van der Waals surface area contributed by atoms with E-state index in [0.29, 0.717) is 0 Å². The Bertz CT molecular complexity index is 268. The molecular formula is C12H20N2O2. The predicted octanol–water partition coefficient (Wildman–Crippen LogP) is 1.17. The first-order valence-electron chi connectivity index (χ1n) is 5.64. The molecule has 4 heteroatoms. The first-order chi connectivity index (χ1) is 7.63. The van der Waals surface area contributed by atoms with E-state index in [2.05, 4.69) is 23.0 Å². The van der Waals surface area contributed by atoms with Crippen molar-refractivity contribution < 1.29 is 9.90 Å². The topological polar surface area (TPSA) is 43.8 Å². The van der Waals surface area contributed by atoms with Crippen LogP contribution >= 0.6 is 0 Å². The van der Waals surface area contributed by atoms with Gasteiger partial charge in [0.05, 0.1) is 0 Å². The van der Waals surface area contributed by atoms with E-state index in [0.717, 1.165) is 44.8 Å². The second kappa shape index (κ2) is 6.33. The maximum Gasteiger partial charge on any atom is 0.303 e. The van der Waals surface area contributed by atoms with Crippen LogP contribution in [0, 0.1) is 0 Å². The van der Waals surface area contributed by atoms with Gasteiger partial charge in [0, 0.05) is 38.3 Å². The molecule has 0 atom stereocenters. The molecule has 1 heterocycles. The summed E-state index contributed by atoms with van der Waals surface area (Å²) in [7, 11) is 0. The highest BCUT2D eigenvalue weighted by molar-refractivity contribution is 5.66. The van der Waals surface area contributed by atoms with Crippen molar-refractivity contribution in [3.05, 3.63) is 24.9 Å². The van der Waals surface area contributed by atoms with Crippen LogP contribution in [0.15, 0.2) is 24.9 Å². The summed E-state index contributed by atoms with van der Waals surface area (Å²) in [5.41, 5.74) is 0.977. The Morgan fingerprint density at radius 2 is 1.94 bits per heavy atom. The van der Waals surface area contributed by atoms with Gasteiger partial charge in [0.25, 0.3) is 0 Å². The number of aliphatic carboxylic acids is 1. The molecule has 1 aliphatic rings. The fraction of sp³-hybridized carbons (Fsp3) is 0.583. The van der Waals surface area contributed by atoms with Gasteiger partial charge in [0.15, 0.2) is 0 Å². The normalized spacial score (nSPS) is 17.1. The van der Waals surface area contributed by atoms with Gasteiger partial charge in [0.2, 0.25) is 0 Å². The smallest absolute Gasteiger partial charge is 0.303 e. The van der Waals surface area contributed by atoms with Crippen molar-refractivity contribution in [3.8, 4) is 0 Å². The van der Waals surface area contributed by atoms with Crippen molar-refractivity contribution in [2.45, 2.75) is 12.8 Å². The zero-order valence-electron chi connectivity index (χ0n) is 9.69. The molecule has 1 fully saturated rings. The lowest BCUT2D eigenvalue weighted by Crippen LogP contribution is -2.45. The lowest BCUT2D eigenvalue weighted by atomic mass is 10.2. The molecule has 0 amide bonds. The van der Waals surface area contributed by atoms with Gasteiger partial charge in [-0.1, -0.05) is 13.2 Å². The quantitative estimate of drug-likeness (QED) is 0.688. The summed E-state index contributed by atoms with van der Waals surface area (Å²) in [6.07, 6.45) is 2.78. The van der Waals surface area contributed by atoms with Gasteiger partial charge in [-0.2, -0.15) is 0 Å². The zero-order chi connectivity index (χ0) is 12.0. The second-order valence-corrected chi connectivity index (χ2v) is 4.02. The van der Waals surface area contributed by atoms with Crippen LogP contribution in [0.25, 0.3) is 0 Å². The highest BCUT2D eigenvalue weighted by atomic mass is 16.4. The largest absolute Gasteiger partial charge is 0.481 e. The average Bonchev–Trinajstić information content (AvgIpc) is 2.28. The lowest BCUT2D eigenvalue weighted by molar-refractivity contribution is -0.137. The summed E-state index contributed by atoms with van der Waals surface area (Å²) in [5.74, 6) is -0.710. The maximum atomic E-state index is 10.4.